The quantitative estimate of drug-likeness (QED) is 0.718. The first-order valence-electron chi connectivity index (χ1n) is 8.05. The molecular weight excluding hydrogens is 338 g/mol. The maximum atomic E-state index is 12.6. The molecule has 0 radical (unpaired) electrons. The monoisotopic (exact) mass is 357 g/mol. The van der Waals surface area contributed by atoms with Gasteiger partial charge in [-0.2, -0.15) is 0 Å². The van der Waals surface area contributed by atoms with Crippen LogP contribution in [0.15, 0.2) is 35.7 Å². The Kier molecular flexibility index (Phi) is 4.35. The van der Waals surface area contributed by atoms with Crippen molar-refractivity contribution in [1.82, 2.24) is 14.8 Å². The molecule has 4 nitrogen and oxygen atoms in total. The van der Waals surface area contributed by atoms with Crippen LogP contribution in [0.1, 0.15) is 15.4 Å². The van der Waals surface area contributed by atoms with Gasteiger partial charge in [-0.3, -0.25) is 9.69 Å². The summed E-state index contributed by atoms with van der Waals surface area (Å²) >= 11 is 3.51. The van der Waals surface area contributed by atoms with Gasteiger partial charge in [0, 0.05) is 18.0 Å². The lowest BCUT2D eigenvalue weighted by Crippen LogP contribution is -2.41. The number of nitrogens with zero attached hydrogens (tertiary/aromatic N) is 3. The molecular formula is C18H19N3OS2. The first kappa shape index (κ1) is 15.7. The third kappa shape index (κ3) is 3.22. The largest absolute Gasteiger partial charge is 0.337 e. The average molecular weight is 358 g/mol. The van der Waals surface area contributed by atoms with Crippen molar-refractivity contribution >= 4 is 38.8 Å². The number of fused-ring (bicyclic) bond motifs is 2. The van der Waals surface area contributed by atoms with Crippen LogP contribution in [0.5, 0.6) is 0 Å². The van der Waals surface area contributed by atoms with Gasteiger partial charge in [-0.1, -0.05) is 12.1 Å². The molecule has 1 aromatic carbocycles. The van der Waals surface area contributed by atoms with Gasteiger partial charge < -0.3 is 4.90 Å². The highest BCUT2D eigenvalue weighted by molar-refractivity contribution is 7.18. The zero-order chi connectivity index (χ0) is 16.5. The van der Waals surface area contributed by atoms with E-state index < -0.39 is 0 Å². The molecule has 0 saturated heterocycles. The molecule has 2 aromatic heterocycles. The van der Waals surface area contributed by atoms with E-state index in [1.807, 2.05) is 30.1 Å². The maximum absolute atomic E-state index is 12.6. The Morgan fingerprint density at radius 2 is 2.21 bits per heavy atom. The number of para-hydroxylation sites is 1. The molecule has 1 aliphatic rings. The molecule has 1 aliphatic heterocycles. The van der Waals surface area contributed by atoms with E-state index in [0.29, 0.717) is 13.1 Å². The summed E-state index contributed by atoms with van der Waals surface area (Å²) in [6.07, 6.45) is 0.986. The van der Waals surface area contributed by atoms with E-state index in [9.17, 15) is 4.79 Å². The van der Waals surface area contributed by atoms with Crippen LogP contribution in [0.2, 0.25) is 0 Å². The fraction of sp³-hybridized carbons (Fsp3) is 0.333. The smallest absolute Gasteiger partial charge is 0.237 e. The van der Waals surface area contributed by atoms with Crippen LogP contribution in [-0.4, -0.2) is 40.8 Å². The fourth-order valence-corrected chi connectivity index (χ4v) is 5.00. The zero-order valence-electron chi connectivity index (χ0n) is 13.6. The number of benzene rings is 1. The van der Waals surface area contributed by atoms with Gasteiger partial charge in [0.15, 0.2) is 0 Å². The summed E-state index contributed by atoms with van der Waals surface area (Å²) in [5.74, 6) is 0.204. The van der Waals surface area contributed by atoms with E-state index in [1.165, 1.54) is 15.1 Å². The summed E-state index contributed by atoms with van der Waals surface area (Å²) in [6.45, 7) is 2.74. The summed E-state index contributed by atoms with van der Waals surface area (Å²) in [6, 6.07) is 10.3. The number of hydrogen-bond acceptors (Lipinski definition) is 5. The van der Waals surface area contributed by atoms with E-state index in [2.05, 4.69) is 27.4 Å². The molecule has 0 bridgehead atoms. The molecule has 3 heterocycles. The molecule has 124 valence electrons. The van der Waals surface area contributed by atoms with Crippen LogP contribution in [0.25, 0.3) is 10.2 Å². The van der Waals surface area contributed by atoms with Crippen LogP contribution < -0.4 is 0 Å². The molecule has 0 fully saturated rings. The molecule has 0 aliphatic carbocycles. The third-order valence-corrected chi connectivity index (χ3v) is 6.35. The summed E-state index contributed by atoms with van der Waals surface area (Å²) in [4.78, 5) is 22.7. The van der Waals surface area contributed by atoms with Crippen LogP contribution in [-0.2, 0) is 24.3 Å². The van der Waals surface area contributed by atoms with Crippen LogP contribution in [0.3, 0.4) is 0 Å². The molecule has 1 amide bonds. The summed E-state index contributed by atoms with van der Waals surface area (Å²) in [7, 11) is 1.99. The summed E-state index contributed by atoms with van der Waals surface area (Å²) in [5, 5.41) is 3.18. The average Bonchev–Trinajstić information content (AvgIpc) is 3.19. The van der Waals surface area contributed by atoms with Gasteiger partial charge in [0.2, 0.25) is 5.91 Å². The SMILES string of the molecule is CN(CC(=O)N1CCc2sccc2C1)Cc1nc2ccccc2s1. The van der Waals surface area contributed by atoms with Crippen molar-refractivity contribution in [3.63, 3.8) is 0 Å². The molecule has 3 aromatic rings. The predicted molar refractivity (Wildman–Crippen MR) is 99.4 cm³/mol. The van der Waals surface area contributed by atoms with Gasteiger partial charge in [-0.25, -0.2) is 4.98 Å². The van der Waals surface area contributed by atoms with Crippen molar-refractivity contribution in [2.75, 3.05) is 20.1 Å². The van der Waals surface area contributed by atoms with Gasteiger partial charge >= 0.3 is 0 Å². The normalized spacial score (nSPS) is 14.3. The van der Waals surface area contributed by atoms with Gasteiger partial charge in [0.25, 0.3) is 0 Å². The molecule has 6 heteroatoms. The Labute approximate surface area is 149 Å². The lowest BCUT2D eigenvalue weighted by molar-refractivity contribution is -0.133. The van der Waals surface area contributed by atoms with Gasteiger partial charge in [0.05, 0.1) is 23.3 Å². The first-order chi connectivity index (χ1) is 11.7. The highest BCUT2D eigenvalue weighted by atomic mass is 32.1. The molecule has 0 unspecified atom stereocenters. The number of thiophene rings is 1. The zero-order valence-corrected chi connectivity index (χ0v) is 15.2. The number of thiazole rings is 1. The molecule has 0 atom stereocenters. The molecule has 4 rings (SSSR count). The fourth-order valence-electron chi connectivity index (χ4n) is 3.07. The second-order valence-electron chi connectivity index (χ2n) is 6.18. The Bertz CT molecular complexity index is 837. The van der Waals surface area contributed by atoms with Crippen LogP contribution >= 0.6 is 22.7 Å². The van der Waals surface area contributed by atoms with E-state index >= 15 is 0 Å². The lowest BCUT2D eigenvalue weighted by Gasteiger charge is -2.28. The van der Waals surface area contributed by atoms with Gasteiger partial charge in [-0.05, 0) is 42.6 Å². The predicted octanol–water partition coefficient (Wildman–Crippen LogP) is 3.37. The number of carbonyl (C=O) groups excluding carboxylic acids is 1. The summed E-state index contributed by atoms with van der Waals surface area (Å²) in [5.41, 5.74) is 2.35. The Morgan fingerprint density at radius 1 is 1.33 bits per heavy atom. The van der Waals surface area contributed by atoms with E-state index in [1.54, 1.807) is 22.7 Å². The molecule has 0 spiro atoms. The lowest BCUT2D eigenvalue weighted by atomic mass is 10.1. The highest BCUT2D eigenvalue weighted by Gasteiger charge is 2.22. The standard InChI is InChI=1S/C18H19N3OS2/c1-20(11-17-19-14-4-2-3-5-16(14)24-17)12-18(22)21-8-6-15-13(10-21)7-9-23-15/h2-5,7,9H,6,8,10-12H2,1H3. The minimum absolute atomic E-state index is 0.204. The van der Waals surface area contributed by atoms with Crippen molar-refractivity contribution in [3.8, 4) is 0 Å². The Balaban J connectivity index is 1.37. The number of hydrogen-bond donors (Lipinski definition) is 0. The Morgan fingerprint density at radius 3 is 3.08 bits per heavy atom. The highest BCUT2D eigenvalue weighted by Crippen LogP contribution is 2.25. The van der Waals surface area contributed by atoms with E-state index in [4.69, 9.17) is 0 Å². The van der Waals surface area contributed by atoms with Crippen molar-refractivity contribution in [1.29, 1.82) is 0 Å². The van der Waals surface area contributed by atoms with Crippen LogP contribution in [0.4, 0.5) is 0 Å². The minimum atomic E-state index is 0.204. The number of rotatable bonds is 4. The number of carbonyl (C=O) groups is 1. The molecule has 0 saturated carbocycles. The van der Waals surface area contributed by atoms with Crippen molar-refractivity contribution in [3.05, 3.63) is 51.2 Å². The van der Waals surface area contributed by atoms with Gasteiger partial charge in [-0.15, -0.1) is 22.7 Å². The van der Waals surface area contributed by atoms with E-state index in [0.717, 1.165) is 30.0 Å². The second kappa shape index (κ2) is 6.63. The number of aromatic nitrogens is 1. The van der Waals surface area contributed by atoms with E-state index in [-0.39, 0.29) is 5.91 Å². The first-order valence-corrected chi connectivity index (χ1v) is 9.74. The molecule has 24 heavy (non-hydrogen) atoms. The number of likely N-dealkylation sites (N-methyl/N-ethyl adjacent to an activating group) is 1. The molecule has 0 N–H and O–H groups in total. The van der Waals surface area contributed by atoms with Crippen LogP contribution in [0, 0.1) is 0 Å². The van der Waals surface area contributed by atoms with Crippen molar-refractivity contribution in [2.24, 2.45) is 0 Å². The van der Waals surface area contributed by atoms with Crippen molar-refractivity contribution in [2.45, 2.75) is 19.5 Å². The summed E-state index contributed by atoms with van der Waals surface area (Å²) < 4.78 is 1.20. The Hall–Kier alpha value is -1.76. The maximum Gasteiger partial charge on any atom is 0.237 e. The van der Waals surface area contributed by atoms with Gasteiger partial charge in [0.1, 0.15) is 5.01 Å². The number of amides is 1. The second-order valence-corrected chi connectivity index (χ2v) is 8.30. The minimum Gasteiger partial charge on any atom is -0.337 e. The topological polar surface area (TPSA) is 36.4 Å². The van der Waals surface area contributed by atoms with Crippen molar-refractivity contribution < 1.29 is 4.79 Å². The third-order valence-electron chi connectivity index (χ3n) is 4.31.